The van der Waals surface area contributed by atoms with Crippen molar-refractivity contribution in [2.45, 2.75) is 51.0 Å². The first-order valence-electron chi connectivity index (χ1n) is 8.90. The van der Waals surface area contributed by atoms with Crippen LogP contribution in [0.3, 0.4) is 0 Å². The van der Waals surface area contributed by atoms with Crippen LogP contribution in [0.15, 0.2) is 42.7 Å². The van der Waals surface area contributed by atoms with Crippen molar-refractivity contribution in [1.29, 1.82) is 0 Å². The van der Waals surface area contributed by atoms with E-state index in [1.54, 1.807) is 6.20 Å². The molecule has 2 heterocycles. The molecule has 1 aromatic heterocycles. The molecule has 0 radical (unpaired) electrons. The van der Waals surface area contributed by atoms with Crippen LogP contribution in [0, 0.1) is 0 Å². The maximum Gasteiger partial charge on any atom is 0.249 e. The molecule has 7 heteroatoms. The highest BCUT2D eigenvalue weighted by atomic mass is 16.5. The van der Waals surface area contributed by atoms with E-state index in [0.717, 1.165) is 25.2 Å². The number of hydrogen-bond acceptors (Lipinski definition) is 4. The van der Waals surface area contributed by atoms with Crippen LogP contribution in [0.4, 0.5) is 0 Å². The molecule has 1 saturated heterocycles. The number of aromatic nitrogens is 2. The molecular formula is C19H24N4O3. The first kappa shape index (κ1) is 18.1. The molecule has 1 aliphatic rings. The van der Waals surface area contributed by atoms with Gasteiger partial charge in [-0.2, -0.15) is 0 Å². The molecule has 1 fully saturated rings. The number of primary amides is 1. The summed E-state index contributed by atoms with van der Waals surface area (Å²) in [5, 5.41) is 2.84. The Kier molecular flexibility index (Phi) is 6.01. The van der Waals surface area contributed by atoms with E-state index >= 15 is 0 Å². The smallest absolute Gasteiger partial charge is 0.249 e. The van der Waals surface area contributed by atoms with Crippen molar-refractivity contribution in [3.05, 3.63) is 54.1 Å². The number of benzene rings is 1. The standard InChI is InChI=1S/C19H24N4O3/c20-18(24)15-8-9-16(26-15)19(25)22-13-17-21-10-12-23(17)11-4-7-14-5-2-1-3-6-14/h1-3,5-6,10,12,15-16H,4,7-9,11,13H2,(H2,20,24)(H,22,25)/t15-,16-/m0/s1. The molecule has 3 rings (SSSR count). The van der Waals surface area contributed by atoms with Crippen LogP contribution in [0.25, 0.3) is 0 Å². The van der Waals surface area contributed by atoms with Crippen LogP contribution >= 0.6 is 0 Å². The van der Waals surface area contributed by atoms with Gasteiger partial charge < -0.3 is 20.4 Å². The van der Waals surface area contributed by atoms with Crippen molar-refractivity contribution in [2.24, 2.45) is 5.73 Å². The number of ether oxygens (including phenoxy) is 1. The minimum Gasteiger partial charge on any atom is -0.367 e. The van der Waals surface area contributed by atoms with E-state index in [1.807, 2.05) is 29.0 Å². The quantitative estimate of drug-likeness (QED) is 0.741. The number of nitrogens with two attached hydrogens (primary N) is 1. The summed E-state index contributed by atoms with van der Waals surface area (Å²) >= 11 is 0. The monoisotopic (exact) mass is 356 g/mol. The van der Waals surface area contributed by atoms with E-state index < -0.39 is 18.1 Å². The number of imidazole rings is 1. The molecular weight excluding hydrogens is 332 g/mol. The third-order valence-electron chi connectivity index (χ3n) is 4.56. The van der Waals surface area contributed by atoms with Gasteiger partial charge in [0.2, 0.25) is 11.8 Å². The van der Waals surface area contributed by atoms with Gasteiger partial charge in [-0.25, -0.2) is 4.98 Å². The fourth-order valence-electron chi connectivity index (χ4n) is 3.13. The van der Waals surface area contributed by atoms with Crippen LogP contribution in [0.2, 0.25) is 0 Å². The van der Waals surface area contributed by atoms with Gasteiger partial charge in [0.1, 0.15) is 18.0 Å². The molecule has 26 heavy (non-hydrogen) atoms. The van der Waals surface area contributed by atoms with Gasteiger partial charge in [0, 0.05) is 18.9 Å². The Labute approximate surface area is 152 Å². The summed E-state index contributed by atoms with van der Waals surface area (Å²) in [7, 11) is 0. The van der Waals surface area contributed by atoms with E-state index in [9.17, 15) is 9.59 Å². The molecule has 0 aliphatic carbocycles. The van der Waals surface area contributed by atoms with Gasteiger partial charge in [-0.3, -0.25) is 9.59 Å². The van der Waals surface area contributed by atoms with Crippen molar-refractivity contribution in [3.63, 3.8) is 0 Å². The molecule has 0 saturated carbocycles. The molecule has 138 valence electrons. The Morgan fingerprint density at radius 3 is 2.73 bits per heavy atom. The largest absolute Gasteiger partial charge is 0.367 e. The highest BCUT2D eigenvalue weighted by molar-refractivity contribution is 5.84. The zero-order chi connectivity index (χ0) is 18.4. The number of carbonyl (C=O) groups excluding carboxylic acids is 2. The van der Waals surface area contributed by atoms with E-state index in [1.165, 1.54) is 5.56 Å². The van der Waals surface area contributed by atoms with Gasteiger partial charge in [-0.05, 0) is 31.2 Å². The molecule has 3 N–H and O–H groups in total. The highest BCUT2D eigenvalue weighted by Gasteiger charge is 2.33. The predicted molar refractivity (Wildman–Crippen MR) is 95.9 cm³/mol. The number of rotatable bonds is 8. The number of amides is 2. The fraction of sp³-hybridized carbons (Fsp3) is 0.421. The van der Waals surface area contributed by atoms with Crippen LogP contribution in [-0.2, 0) is 33.8 Å². The first-order chi connectivity index (χ1) is 12.6. The normalized spacial score (nSPS) is 19.4. The topological polar surface area (TPSA) is 99.2 Å². The Bertz CT molecular complexity index is 744. The predicted octanol–water partition coefficient (Wildman–Crippen LogP) is 1.17. The summed E-state index contributed by atoms with van der Waals surface area (Å²) in [5.74, 6) is 0.0534. The van der Waals surface area contributed by atoms with Crippen molar-refractivity contribution < 1.29 is 14.3 Å². The second-order valence-corrected chi connectivity index (χ2v) is 6.44. The van der Waals surface area contributed by atoms with E-state index in [0.29, 0.717) is 19.4 Å². The van der Waals surface area contributed by atoms with Crippen molar-refractivity contribution in [1.82, 2.24) is 14.9 Å². The van der Waals surface area contributed by atoms with Crippen LogP contribution in [-0.4, -0.2) is 33.6 Å². The Balaban J connectivity index is 1.45. The second kappa shape index (κ2) is 8.62. The summed E-state index contributed by atoms with van der Waals surface area (Å²) in [6.07, 6.45) is 5.36. The number of carbonyl (C=O) groups is 2. The molecule has 0 bridgehead atoms. The van der Waals surface area contributed by atoms with Crippen LogP contribution < -0.4 is 11.1 Å². The maximum absolute atomic E-state index is 12.2. The molecule has 1 aromatic carbocycles. The average Bonchev–Trinajstić information content (AvgIpc) is 3.30. The molecule has 2 aromatic rings. The summed E-state index contributed by atoms with van der Waals surface area (Å²) in [6.45, 7) is 1.17. The molecule has 0 unspecified atom stereocenters. The number of nitrogens with zero attached hydrogens (tertiary/aromatic N) is 2. The van der Waals surface area contributed by atoms with Gasteiger partial charge in [-0.15, -0.1) is 0 Å². The molecule has 2 atom stereocenters. The van der Waals surface area contributed by atoms with Gasteiger partial charge >= 0.3 is 0 Å². The maximum atomic E-state index is 12.2. The molecule has 0 spiro atoms. The third-order valence-corrected chi connectivity index (χ3v) is 4.56. The number of hydrogen-bond donors (Lipinski definition) is 2. The van der Waals surface area contributed by atoms with Gasteiger partial charge in [-0.1, -0.05) is 30.3 Å². The van der Waals surface area contributed by atoms with E-state index in [4.69, 9.17) is 10.5 Å². The summed E-state index contributed by atoms with van der Waals surface area (Å²) in [4.78, 5) is 27.6. The van der Waals surface area contributed by atoms with Crippen molar-refractivity contribution in [3.8, 4) is 0 Å². The lowest BCUT2D eigenvalue weighted by Crippen LogP contribution is -2.36. The van der Waals surface area contributed by atoms with Crippen LogP contribution in [0.5, 0.6) is 0 Å². The lowest BCUT2D eigenvalue weighted by Gasteiger charge is -2.13. The average molecular weight is 356 g/mol. The summed E-state index contributed by atoms with van der Waals surface area (Å²) in [5.41, 5.74) is 6.52. The molecule has 2 amide bonds. The lowest BCUT2D eigenvalue weighted by molar-refractivity contribution is -0.137. The number of nitrogens with one attached hydrogen (secondary N) is 1. The first-order valence-corrected chi connectivity index (χ1v) is 8.90. The Morgan fingerprint density at radius 1 is 1.23 bits per heavy atom. The van der Waals surface area contributed by atoms with E-state index in [2.05, 4.69) is 22.4 Å². The minimum atomic E-state index is -0.661. The van der Waals surface area contributed by atoms with Gasteiger partial charge in [0.25, 0.3) is 0 Å². The van der Waals surface area contributed by atoms with Gasteiger partial charge in [0.05, 0.1) is 6.54 Å². The Morgan fingerprint density at radius 2 is 2.00 bits per heavy atom. The molecule has 1 aliphatic heterocycles. The SMILES string of the molecule is NC(=O)[C@@H]1CC[C@@H](C(=O)NCc2nccn2CCCc2ccccc2)O1. The lowest BCUT2D eigenvalue weighted by atomic mass is 10.1. The number of aryl methyl sites for hydroxylation is 2. The Hall–Kier alpha value is -2.67. The van der Waals surface area contributed by atoms with Crippen molar-refractivity contribution in [2.75, 3.05) is 0 Å². The van der Waals surface area contributed by atoms with Crippen LogP contribution in [0.1, 0.15) is 30.7 Å². The fourth-order valence-corrected chi connectivity index (χ4v) is 3.13. The summed E-state index contributed by atoms with van der Waals surface area (Å²) in [6, 6.07) is 10.3. The van der Waals surface area contributed by atoms with Gasteiger partial charge in [0.15, 0.2) is 0 Å². The van der Waals surface area contributed by atoms with E-state index in [-0.39, 0.29) is 5.91 Å². The van der Waals surface area contributed by atoms with Crippen molar-refractivity contribution >= 4 is 11.8 Å². The zero-order valence-corrected chi connectivity index (χ0v) is 14.6. The second-order valence-electron chi connectivity index (χ2n) is 6.44. The third kappa shape index (κ3) is 4.70. The summed E-state index contributed by atoms with van der Waals surface area (Å²) < 4.78 is 7.43. The zero-order valence-electron chi connectivity index (χ0n) is 14.6. The minimum absolute atomic E-state index is 0.229. The highest BCUT2D eigenvalue weighted by Crippen LogP contribution is 2.19. The molecule has 7 nitrogen and oxygen atoms in total.